The Morgan fingerprint density at radius 3 is 1.65 bits per heavy atom. The number of methoxy groups -OCH3 is 1. The van der Waals surface area contributed by atoms with Crippen LogP contribution in [-0.4, -0.2) is 65.2 Å². The van der Waals surface area contributed by atoms with Crippen molar-refractivity contribution in [2.75, 3.05) is 7.11 Å². The standard InChI is InChI=1S/C54H75FO5Si2/c1-10-11-16-27-42(59-61(52(3,4)5,43-28-17-12-18-29-43)44-30-19-13-20-31-44)37-38-47-48-40-54(57-9,51(55)36-25-26-41(2)56)58-49(48)39-50(47)60-62(53(6,7)8,45-32-21-14-22-33-45)46-34-23-15-24-35-46/h12-15,17-24,28-35,37-38,41-42,47-51,56H,10-11,16,25-27,36,39-40H2,1-9H3/b38-37+/t41?,42-,47+,48+,49-,50+,51+,54+/m0/s1. The molecule has 62 heavy (non-hydrogen) atoms. The van der Waals surface area contributed by atoms with E-state index in [1.807, 2.05) is 0 Å². The van der Waals surface area contributed by atoms with Gasteiger partial charge in [0.2, 0.25) is 0 Å². The second-order valence-corrected chi connectivity index (χ2v) is 28.6. The maximum atomic E-state index is 16.5. The van der Waals surface area contributed by atoms with E-state index in [1.165, 1.54) is 20.7 Å². The highest BCUT2D eigenvalue weighted by Gasteiger charge is 2.61. The second-order valence-electron chi connectivity index (χ2n) is 20.1. The predicted molar refractivity (Wildman–Crippen MR) is 260 cm³/mol. The third kappa shape index (κ3) is 10.2. The number of benzene rings is 4. The van der Waals surface area contributed by atoms with Crippen molar-refractivity contribution in [3.63, 3.8) is 0 Å². The van der Waals surface area contributed by atoms with Crippen LogP contribution in [0.5, 0.6) is 0 Å². The van der Waals surface area contributed by atoms with Crippen LogP contribution in [0.15, 0.2) is 133 Å². The number of rotatable bonds is 20. The molecule has 2 aliphatic rings. The summed E-state index contributed by atoms with van der Waals surface area (Å²) in [5.74, 6) is -1.47. The molecule has 0 bridgehead atoms. The Bertz CT molecular complexity index is 1890. The fourth-order valence-corrected chi connectivity index (χ4v) is 20.1. The van der Waals surface area contributed by atoms with Crippen LogP contribution in [-0.2, 0) is 18.3 Å². The number of ether oxygens (including phenoxy) is 2. The molecule has 1 N–H and O–H groups in total. The quantitative estimate of drug-likeness (QED) is 0.0545. The van der Waals surface area contributed by atoms with Crippen LogP contribution in [0.2, 0.25) is 10.1 Å². The molecule has 0 amide bonds. The van der Waals surface area contributed by atoms with Crippen LogP contribution in [0.3, 0.4) is 0 Å². The van der Waals surface area contributed by atoms with Gasteiger partial charge in [0.1, 0.15) is 0 Å². The number of unbranched alkanes of at least 4 members (excludes halogenated alkanes) is 2. The monoisotopic (exact) mass is 879 g/mol. The molecule has 0 spiro atoms. The zero-order valence-corrected chi connectivity index (χ0v) is 41.1. The number of aliphatic hydroxyl groups is 1. The Hall–Kier alpha value is -3.22. The predicted octanol–water partition coefficient (Wildman–Crippen LogP) is 10.7. The van der Waals surface area contributed by atoms with Gasteiger partial charge >= 0.3 is 0 Å². The van der Waals surface area contributed by atoms with Crippen molar-refractivity contribution in [2.24, 2.45) is 11.8 Å². The molecule has 8 atom stereocenters. The molecule has 2 fully saturated rings. The normalized spacial score (nSPS) is 23.7. The van der Waals surface area contributed by atoms with E-state index in [0.717, 1.165) is 25.7 Å². The van der Waals surface area contributed by atoms with Gasteiger partial charge in [0.05, 0.1) is 24.4 Å². The lowest BCUT2D eigenvalue weighted by atomic mass is 9.87. The van der Waals surface area contributed by atoms with Crippen LogP contribution in [0.25, 0.3) is 0 Å². The molecule has 1 aliphatic carbocycles. The summed E-state index contributed by atoms with van der Waals surface area (Å²) in [6.07, 6.45) is 8.95. The van der Waals surface area contributed by atoms with E-state index in [-0.39, 0.29) is 46.6 Å². The van der Waals surface area contributed by atoms with Gasteiger partial charge in [-0.1, -0.05) is 201 Å². The molecule has 6 rings (SSSR count). The topological polar surface area (TPSA) is 57.2 Å². The lowest BCUT2D eigenvalue weighted by Gasteiger charge is -2.46. The smallest absolute Gasteiger partial charge is 0.261 e. The van der Waals surface area contributed by atoms with Gasteiger partial charge in [0, 0.05) is 19.4 Å². The lowest BCUT2D eigenvalue weighted by molar-refractivity contribution is -0.248. The fraction of sp³-hybridized carbons (Fsp3) is 0.519. The van der Waals surface area contributed by atoms with Crippen molar-refractivity contribution in [2.45, 2.75) is 160 Å². The van der Waals surface area contributed by atoms with Crippen molar-refractivity contribution in [3.8, 4) is 0 Å². The Morgan fingerprint density at radius 1 is 0.726 bits per heavy atom. The molecule has 1 saturated carbocycles. The summed E-state index contributed by atoms with van der Waals surface area (Å²) in [5, 5.41) is 14.6. The van der Waals surface area contributed by atoms with Crippen LogP contribution in [0.1, 0.15) is 113 Å². The average Bonchev–Trinajstić information content (AvgIpc) is 3.78. The Balaban J connectivity index is 1.47. The first-order chi connectivity index (χ1) is 29.6. The minimum atomic E-state index is -2.97. The van der Waals surface area contributed by atoms with Crippen molar-refractivity contribution < 1.29 is 27.8 Å². The first-order valence-corrected chi connectivity index (χ1v) is 27.2. The number of halogens is 1. The summed E-state index contributed by atoms with van der Waals surface area (Å²) < 4.78 is 45.3. The lowest BCUT2D eigenvalue weighted by Crippen LogP contribution is -2.68. The van der Waals surface area contributed by atoms with Gasteiger partial charge in [-0.15, -0.1) is 0 Å². The molecular weight excluding hydrogens is 804 g/mol. The molecule has 8 heteroatoms. The molecule has 1 saturated heterocycles. The van der Waals surface area contributed by atoms with Gasteiger partial charge in [0.25, 0.3) is 16.6 Å². The Morgan fingerprint density at radius 2 is 1.21 bits per heavy atom. The molecule has 5 nitrogen and oxygen atoms in total. The van der Waals surface area contributed by atoms with Gasteiger partial charge < -0.3 is 23.4 Å². The summed E-state index contributed by atoms with van der Waals surface area (Å²) in [7, 11) is -4.28. The molecule has 1 aliphatic heterocycles. The number of hydrogen-bond acceptors (Lipinski definition) is 5. The minimum Gasteiger partial charge on any atom is -0.404 e. The fourth-order valence-electron chi connectivity index (χ4n) is 10.7. The van der Waals surface area contributed by atoms with Crippen molar-refractivity contribution in [1.29, 1.82) is 0 Å². The zero-order valence-electron chi connectivity index (χ0n) is 39.1. The second kappa shape index (κ2) is 20.7. The Labute approximate surface area is 375 Å². The largest absolute Gasteiger partial charge is 0.404 e. The third-order valence-electron chi connectivity index (χ3n) is 13.8. The summed E-state index contributed by atoms with van der Waals surface area (Å²) in [4.78, 5) is 0. The van der Waals surface area contributed by atoms with Crippen molar-refractivity contribution >= 4 is 37.4 Å². The molecule has 4 aromatic rings. The number of hydrogen-bond donors (Lipinski definition) is 1. The minimum absolute atomic E-state index is 0.0337. The van der Waals surface area contributed by atoms with Crippen LogP contribution >= 0.6 is 0 Å². The maximum absolute atomic E-state index is 16.5. The van der Waals surface area contributed by atoms with Crippen LogP contribution < -0.4 is 20.7 Å². The molecule has 0 radical (unpaired) electrons. The van der Waals surface area contributed by atoms with Crippen LogP contribution in [0, 0.1) is 11.8 Å². The van der Waals surface area contributed by atoms with Crippen LogP contribution in [0.4, 0.5) is 4.39 Å². The van der Waals surface area contributed by atoms with E-state index < -0.39 is 34.7 Å². The number of aliphatic hydroxyl groups excluding tert-OH is 1. The van der Waals surface area contributed by atoms with E-state index in [4.69, 9.17) is 18.3 Å². The summed E-state index contributed by atoms with van der Waals surface area (Å²) in [6, 6.07) is 43.5. The average molecular weight is 879 g/mol. The highest BCUT2D eigenvalue weighted by molar-refractivity contribution is 7.00. The molecule has 1 heterocycles. The highest BCUT2D eigenvalue weighted by atomic mass is 28.4. The third-order valence-corrected chi connectivity index (χ3v) is 23.9. The first kappa shape index (κ1) is 48.2. The van der Waals surface area contributed by atoms with E-state index in [2.05, 4.69) is 182 Å². The first-order valence-electron chi connectivity index (χ1n) is 23.4. The van der Waals surface area contributed by atoms with E-state index in [0.29, 0.717) is 25.7 Å². The zero-order chi connectivity index (χ0) is 44.6. The number of fused-ring (bicyclic) bond motifs is 1. The van der Waals surface area contributed by atoms with Gasteiger partial charge in [-0.2, -0.15) is 0 Å². The van der Waals surface area contributed by atoms with Crippen molar-refractivity contribution in [3.05, 3.63) is 133 Å². The van der Waals surface area contributed by atoms with Gasteiger partial charge in [-0.25, -0.2) is 4.39 Å². The van der Waals surface area contributed by atoms with E-state index in [1.54, 1.807) is 14.0 Å². The summed E-state index contributed by atoms with van der Waals surface area (Å²) in [5.41, 5.74) is 0. The summed E-state index contributed by atoms with van der Waals surface area (Å²) >= 11 is 0. The Kier molecular flexibility index (Phi) is 16.1. The summed E-state index contributed by atoms with van der Waals surface area (Å²) in [6.45, 7) is 18.0. The number of alkyl halides is 1. The van der Waals surface area contributed by atoms with E-state index >= 15 is 4.39 Å². The molecule has 4 aromatic carbocycles. The van der Waals surface area contributed by atoms with Gasteiger partial charge in [0.15, 0.2) is 12.0 Å². The molecule has 0 aromatic heterocycles. The SMILES string of the molecule is CCCCC[C@@H](/C=C/[C@@H]1[C@H]2C[C@](OC)([C@H](F)CCCC(C)O)O[C@H]2C[C@H]1O[Si](c1ccccc1)(c1ccccc1)C(C)(C)C)O[Si](c1ccccc1)(c1ccccc1)C(C)(C)C. The molecular formula is C54H75FO5Si2. The maximum Gasteiger partial charge on any atom is 0.261 e. The molecule has 336 valence electrons. The van der Waals surface area contributed by atoms with E-state index in [9.17, 15) is 5.11 Å². The highest BCUT2D eigenvalue weighted by Crippen LogP contribution is 2.53. The van der Waals surface area contributed by atoms with Gasteiger partial charge in [-0.05, 0) is 75.8 Å². The van der Waals surface area contributed by atoms with Crippen molar-refractivity contribution in [1.82, 2.24) is 0 Å². The molecule has 1 unspecified atom stereocenters. The van der Waals surface area contributed by atoms with Gasteiger partial charge in [-0.3, -0.25) is 0 Å².